The molecule has 226 valence electrons. The van der Waals surface area contributed by atoms with E-state index >= 15 is 8.78 Å². The molecule has 0 spiro atoms. The van der Waals surface area contributed by atoms with Crippen molar-refractivity contribution < 1.29 is 17.9 Å². The van der Waals surface area contributed by atoms with Gasteiger partial charge in [0.25, 0.3) is 0 Å². The van der Waals surface area contributed by atoms with E-state index in [1.54, 1.807) is 24.4 Å². The molecular weight excluding hydrogens is 577 g/mol. The molecule has 2 aromatic heterocycles. The number of hydrogen-bond donors (Lipinski definition) is 1. The Morgan fingerprint density at radius 2 is 2.02 bits per heavy atom. The predicted molar refractivity (Wildman–Crippen MR) is 163 cm³/mol. The standard InChI is InChI=1S/C32H34ClF3N6O/c1-3-21-16-41(14-18(2)38-21)30-22-10-25(35)27(23-13-37-12-19-6-4-7-24(33)26(19)23)28(36)29(22)39-31(40-30)43-17-32-8-5-9-42(32)15-20(34)11-32/h4,6-7,10,12-13,18,20-21,38H,3,5,8-9,11,14-17H2,1-2H3/t18-,20-,21-,32+/m1/s1. The van der Waals surface area contributed by atoms with Crippen molar-refractivity contribution in [3.05, 3.63) is 53.3 Å². The lowest BCUT2D eigenvalue weighted by Gasteiger charge is -2.38. The Morgan fingerprint density at radius 3 is 2.86 bits per heavy atom. The van der Waals surface area contributed by atoms with Gasteiger partial charge in [-0.2, -0.15) is 9.97 Å². The van der Waals surface area contributed by atoms with E-state index in [1.807, 2.05) is 0 Å². The Balaban J connectivity index is 1.38. The van der Waals surface area contributed by atoms with Gasteiger partial charge < -0.3 is 15.0 Å². The topological polar surface area (TPSA) is 66.4 Å². The summed E-state index contributed by atoms with van der Waals surface area (Å²) in [6, 6.07) is 6.87. The first-order chi connectivity index (χ1) is 20.8. The molecule has 11 heteroatoms. The molecule has 3 aliphatic heterocycles. The second-order valence-corrected chi connectivity index (χ2v) is 12.6. The van der Waals surface area contributed by atoms with E-state index in [1.165, 1.54) is 12.3 Å². The van der Waals surface area contributed by atoms with Crippen molar-refractivity contribution in [3.63, 3.8) is 0 Å². The lowest BCUT2D eigenvalue weighted by molar-refractivity contribution is 0.107. The molecule has 2 aromatic carbocycles. The summed E-state index contributed by atoms with van der Waals surface area (Å²) in [6.45, 7) is 6.80. The van der Waals surface area contributed by atoms with Crippen LogP contribution in [0, 0.1) is 11.6 Å². The van der Waals surface area contributed by atoms with Gasteiger partial charge in [0.05, 0.1) is 11.1 Å². The number of ether oxygens (including phenoxy) is 1. The third-order valence-corrected chi connectivity index (χ3v) is 9.64. The maximum Gasteiger partial charge on any atom is 0.319 e. The summed E-state index contributed by atoms with van der Waals surface area (Å²) in [6.07, 6.45) is 5.19. The molecule has 5 heterocycles. The van der Waals surface area contributed by atoms with Crippen LogP contribution >= 0.6 is 11.6 Å². The summed E-state index contributed by atoms with van der Waals surface area (Å²) in [5.41, 5.74) is -0.488. The van der Waals surface area contributed by atoms with Gasteiger partial charge in [-0.3, -0.25) is 9.88 Å². The van der Waals surface area contributed by atoms with Crippen LogP contribution in [0.4, 0.5) is 19.0 Å². The van der Waals surface area contributed by atoms with Gasteiger partial charge in [0.1, 0.15) is 29.9 Å². The number of alkyl halides is 1. The minimum absolute atomic E-state index is 0.00389. The number of hydrogen-bond acceptors (Lipinski definition) is 7. The summed E-state index contributed by atoms with van der Waals surface area (Å²) in [7, 11) is 0. The Hall–Kier alpha value is -3.21. The van der Waals surface area contributed by atoms with Crippen LogP contribution < -0.4 is 15.0 Å². The molecule has 4 atom stereocenters. The van der Waals surface area contributed by atoms with Crippen molar-refractivity contribution in [1.29, 1.82) is 0 Å². The SMILES string of the molecule is CC[C@@H]1CN(c2nc(OC[C@@]34CCCN3C[C@H](F)C4)nc3c(F)c(-c4cncc5cccc(Cl)c45)c(F)cc23)C[C@@H](C)N1. The lowest BCUT2D eigenvalue weighted by Crippen LogP contribution is -2.55. The highest BCUT2D eigenvalue weighted by Gasteiger charge is 2.49. The number of nitrogens with one attached hydrogen (secondary N) is 1. The number of rotatable bonds is 6. The first kappa shape index (κ1) is 28.6. The Bertz CT molecular complexity index is 1700. The zero-order valence-electron chi connectivity index (χ0n) is 24.2. The summed E-state index contributed by atoms with van der Waals surface area (Å²) in [5, 5.41) is 5.37. The van der Waals surface area contributed by atoms with Crippen molar-refractivity contribution in [2.45, 2.75) is 63.3 Å². The van der Waals surface area contributed by atoms with E-state index in [2.05, 4.69) is 38.9 Å². The second-order valence-electron chi connectivity index (χ2n) is 12.2. The first-order valence-corrected chi connectivity index (χ1v) is 15.4. The van der Waals surface area contributed by atoms with Crippen LogP contribution in [0.3, 0.4) is 0 Å². The Morgan fingerprint density at radius 1 is 1.16 bits per heavy atom. The molecule has 0 unspecified atom stereocenters. The Labute approximate surface area is 253 Å². The fourth-order valence-corrected chi connectivity index (χ4v) is 7.62. The second kappa shape index (κ2) is 11.1. The van der Waals surface area contributed by atoms with Gasteiger partial charge in [0.2, 0.25) is 0 Å². The Kier molecular flexibility index (Phi) is 7.34. The minimum Gasteiger partial charge on any atom is -0.461 e. The molecule has 43 heavy (non-hydrogen) atoms. The maximum atomic E-state index is 16.7. The highest BCUT2D eigenvalue weighted by atomic mass is 35.5. The van der Waals surface area contributed by atoms with Crippen LogP contribution in [0.25, 0.3) is 32.8 Å². The molecule has 7 rings (SSSR count). The third kappa shape index (κ3) is 4.97. The van der Waals surface area contributed by atoms with Gasteiger partial charge >= 0.3 is 6.01 Å². The van der Waals surface area contributed by atoms with Gasteiger partial charge in [0, 0.05) is 77.3 Å². The van der Waals surface area contributed by atoms with Gasteiger partial charge in [-0.15, -0.1) is 0 Å². The highest BCUT2D eigenvalue weighted by Crippen LogP contribution is 2.42. The van der Waals surface area contributed by atoms with Crippen molar-refractivity contribution in [1.82, 2.24) is 25.2 Å². The van der Waals surface area contributed by atoms with Crippen LogP contribution in [0.1, 0.15) is 39.5 Å². The van der Waals surface area contributed by atoms with E-state index in [9.17, 15) is 4.39 Å². The molecule has 3 saturated heterocycles. The van der Waals surface area contributed by atoms with Gasteiger partial charge in [-0.25, -0.2) is 13.2 Å². The number of fused-ring (bicyclic) bond motifs is 3. The van der Waals surface area contributed by atoms with Crippen molar-refractivity contribution in [3.8, 4) is 17.1 Å². The number of pyridine rings is 1. The zero-order chi connectivity index (χ0) is 29.9. The number of anilines is 1. The van der Waals surface area contributed by atoms with Crippen LogP contribution in [0.5, 0.6) is 6.01 Å². The largest absolute Gasteiger partial charge is 0.461 e. The first-order valence-electron chi connectivity index (χ1n) is 15.0. The monoisotopic (exact) mass is 610 g/mol. The maximum absolute atomic E-state index is 16.7. The molecule has 0 radical (unpaired) electrons. The molecule has 3 fully saturated rings. The van der Waals surface area contributed by atoms with Gasteiger partial charge in [-0.05, 0) is 44.9 Å². The quantitative estimate of drug-likeness (QED) is 0.275. The van der Waals surface area contributed by atoms with Crippen LogP contribution in [-0.2, 0) is 0 Å². The van der Waals surface area contributed by atoms with Crippen LogP contribution in [-0.4, -0.2) is 76.4 Å². The molecular formula is C32H34ClF3N6O. The summed E-state index contributed by atoms with van der Waals surface area (Å²) >= 11 is 6.52. The number of halogens is 4. The van der Waals surface area contributed by atoms with Crippen LogP contribution in [0.15, 0.2) is 36.7 Å². The zero-order valence-corrected chi connectivity index (χ0v) is 25.0. The molecule has 0 bridgehead atoms. The van der Waals surface area contributed by atoms with Crippen LogP contribution in [0.2, 0.25) is 5.02 Å². The van der Waals surface area contributed by atoms with E-state index in [-0.39, 0.29) is 46.7 Å². The molecule has 0 saturated carbocycles. The minimum atomic E-state index is -0.908. The summed E-state index contributed by atoms with van der Waals surface area (Å²) in [5.74, 6) is -1.17. The lowest BCUT2D eigenvalue weighted by atomic mass is 9.95. The fraction of sp³-hybridized carbons (Fsp3) is 0.469. The summed E-state index contributed by atoms with van der Waals surface area (Å²) < 4.78 is 53.4. The molecule has 1 N–H and O–H groups in total. The van der Waals surface area contributed by atoms with E-state index in [0.29, 0.717) is 47.7 Å². The van der Waals surface area contributed by atoms with E-state index in [4.69, 9.17) is 21.3 Å². The number of piperazine rings is 1. The van der Waals surface area contributed by atoms with Crippen molar-refractivity contribution in [2.75, 3.05) is 37.7 Å². The normalized spacial score (nSPS) is 26.0. The van der Waals surface area contributed by atoms with E-state index < -0.39 is 23.3 Å². The predicted octanol–water partition coefficient (Wildman–Crippen LogP) is 6.31. The van der Waals surface area contributed by atoms with Crippen molar-refractivity contribution in [2.24, 2.45) is 0 Å². The molecule has 4 aromatic rings. The van der Waals surface area contributed by atoms with E-state index in [0.717, 1.165) is 25.8 Å². The summed E-state index contributed by atoms with van der Waals surface area (Å²) in [4.78, 5) is 17.7. The molecule has 0 amide bonds. The average Bonchev–Trinajstić information content (AvgIpc) is 3.51. The smallest absolute Gasteiger partial charge is 0.319 e. The van der Waals surface area contributed by atoms with Gasteiger partial charge in [-0.1, -0.05) is 30.7 Å². The third-order valence-electron chi connectivity index (χ3n) is 9.32. The number of aromatic nitrogens is 3. The number of benzene rings is 2. The average molecular weight is 611 g/mol. The molecule has 3 aliphatic rings. The fourth-order valence-electron chi connectivity index (χ4n) is 7.34. The molecule has 7 nitrogen and oxygen atoms in total. The van der Waals surface area contributed by atoms with Gasteiger partial charge in [0.15, 0.2) is 5.82 Å². The molecule has 0 aliphatic carbocycles. The number of nitrogens with zero attached hydrogens (tertiary/aromatic N) is 5. The highest BCUT2D eigenvalue weighted by molar-refractivity contribution is 6.36. The van der Waals surface area contributed by atoms with Crippen molar-refractivity contribution >= 4 is 39.1 Å².